The molecule has 4 aromatic carbocycles. The van der Waals surface area contributed by atoms with Gasteiger partial charge in [-0.3, -0.25) is 10.1 Å². The van der Waals surface area contributed by atoms with Gasteiger partial charge in [-0.15, -0.1) is 0 Å². The standard InChI is InChI=1S/C29H29N3O/c30-21-27(28(33)31-22-23-13-5-1-6-14-23)32-29(24-15-7-2-8-16-24,25-17-9-3-10-18-25)26-19-11-4-12-20-26/h1-20,27,32H,21-22,30H2,(H,31,33)/t27-/m1/s1. The molecular weight excluding hydrogens is 406 g/mol. The number of carbonyl (C=O) groups is 1. The molecule has 0 heterocycles. The van der Waals surface area contributed by atoms with E-state index in [4.69, 9.17) is 5.73 Å². The highest BCUT2D eigenvalue weighted by molar-refractivity contribution is 5.82. The molecule has 1 amide bonds. The first-order valence-corrected chi connectivity index (χ1v) is 11.2. The quantitative estimate of drug-likeness (QED) is 0.345. The van der Waals surface area contributed by atoms with Gasteiger partial charge in [0, 0.05) is 13.1 Å². The maximum absolute atomic E-state index is 13.3. The molecular formula is C29H29N3O. The Labute approximate surface area is 195 Å². The Balaban J connectivity index is 1.75. The largest absolute Gasteiger partial charge is 0.351 e. The number of benzene rings is 4. The summed E-state index contributed by atoms with van der Waals surface area (Å²) in [7, 11) is 0. The predicted octanol–water partition coefficient (Wildman–Crippen LogP) is 4.21. The fraction of sp³-hybridized carbons (Fsp3) is 0.138. The summed E-state index contributed by atoms with van der Waals surface area (Å²) in [5, 5.41) is 6.71. The molecule has 0 bridgehead atoms. The number of amides is 1. The van der Waals surface area contributed by atoms with E-state index in [0.717, 1.165) is 22.3 Å². The van der Waals surface area contributed by atoms with Crippen LogP contribution in [0, 0.1) is 0 Å². The number of nitrogens with one attached hydrogen (secondary N) is 2. The van der Waals surface area contributed by atoms with Crippen molar-refractivity contribution in [1.29, 1.82) is 0 Å². The molecule has 0 aromatic heterocycles. The van der Waals surface area contributed by atoms with Crippen molar-refractivity contribution in [3.05, 3.63) is 144 Å². The minimum absolute atomic E-state index is 0.131. The van der Waals surface area contributed by atoms with Crippen LogP contribution in [0.2, 0.25) is 0 Å². The number of nitrogens with two attached hydrogens (primary N) is 1. The predicted molar refractivity (Wildman–Crippen MR) is 133 cm³/mol. The molecule has 0 aliphatic heterocycles. The summed E-state index contributed by atoms with van der Waals surface area (Å²) in [5.74, 6) is -0.131. The van der Waals surface area contributed by atoms with Crippen molar-refractivity contribution in [2.75, 3.05) is 6.54 Å². The second kappa shape index (κ2) is 10.7. The van der Waals surface area contributed by atoms with E-state index in [2.05, 4.69) is 47.0 Å². The third-order valence-electron chi connectivity index (χ3n) is 5.87. The third-order valence-corrected chi connectivity index (χ3v) is 5.87. The number of rotatable bonds is 9. The van der Waals surface area contributed by atoms with Gasteiger partial charge in [-0.05, 0) is 22.3 Å². The smallest absolute Gasteiger partial charge is 0.238 e. The van der Waals surface area contributed by atoms with Crippen LogP contribution < -0.4 is 16.4 Å². The first-order chi connectivity index (χ1) is 16.2. The summed E-state index contributed by atoms with van der Waals surface area (Å²) in [6.45, 7) is 0.613. The SMILES string of the molecule is NC[C@@H](NC(c1ccccc1)(c1ccccc1)c1ccccc1)C(=O)NCc1ccccc1. The van der Waals surface area contributed by atoms with Crippen molar-refractivity contribution in [2.24, 2.45) is 5.73 Å². The Morgan fingerprint density at radius 2 is 1.06 bits per heavy atom. The Kier molecular flexibility index (Phi) is 7.30. The van der Waals surface area contributed by atoms with Crippen molar-refractivity contribution in [3.8, 4) is 0 Å². The van der Waals surface area contributed by atoms with E-state index in [1.54, 1.807) is 0 Å². The molecule has 4 heteroatoms. The average Bonchev–Trinajstić information content (AvgIpc) is 2.90. The highest BCUT2D eigenvalue weighted by atomic mass is 16.2. The van der Waals surface area contributed by atoms with Crippen molar-refractivity contribution < 1.29 is 4.79 Å². The van der Waals surface area contributed by atoms with E-state index in [9.17, 15) is 4.79 Å². The lowest BCUT2D eigenvalue weighted by molar-refractivity contribution is -0.123. The van der Waals surface area contributed by atoms with Crippen LogP contribution in [-0.4, -0.2) is 18.5 Å². The lowest BCUT2D eigenvalue weighted by atomic mass is 9.76. The first kappa shape index (κ1) is 22.5. The molecule has 4 nitrogen and oxygen atoms in total. The van der Waals surface area contributed by atoms with Crippen molar-refractivity contribution >= 4 is 5.91 Å². The highest BCUT2D eigenvalue weighted by Gasteiger charge is 2.39. The zero-order chi connectivity index (χ0) is 22.9. The van der Waals surface area contributed by atoms with E-state index in [-0.39, 0.29) is 12.5 Å². The van der Waals surface area contributed by atoms with Gasteiger partial charge in [0.2, 0.25) is 5.91 Å². The average molecular weight is 436 g/mol. The molecule has 1 atom stereocenters. The molecule has 33 heavy (non-hydrogen) atoms. The minimum atomic E-state index is -0.752. The molecule has 0 unspecified atom stereocenters. The summed E-state index contributed by atoms with van der Waals surface area (Å²) in [5.41, 5.74) is 9.57. The van der Waals surface area contributed by atoms with Gasteiger partial charge in [0.05, 0.1) is 5.54 Å². The van der Waals surface area contributed by atoms with Crippen LogP contribution in [-0.2, 0) is 16.9 Å². The van der Waals surface area contributed by atoms with Gasteiger partial charge in [0.15, 0.2) is 0 Å². The molecule has 0 aliphatic rings. The Morgan fingerprint density at radius 1 is 0.667 bits per heavy atom. The second-order valence-corrected chi connectivity index (χ2v) is 7.98. The Hall–Kier alpha value is -3.73. The number of hydrogen-bond acceptors (Lipinski definition) is 3. The maximum atomic E-state index is 13.3. The topological polar surface area (TPSA) is 67.1 Å². The van der Waals surface area contributed by atoms with Crippen LogP contribution >= 0.6 is 0 Å². The molecule has 4 rings (SSSR count). The fourth-order valence-corrected chi connectivity index (χ4v) is 4.22. The van der Waals surface area contributed by atoms with Crippen LogP contribution in [0.25, 0.3) is 0 Å². The Morgan fingerprint density at radius 3 is 1.45 bits per heavy atom. The van der Waals surface area contributed by atoms with E-state index in [1.807, 2.05) is 84.9 Å². The monoisotopic (exact) mass is 435 g/mol. The van der Waals surface area contributed by atoms with E-state index in [1.165, 1.54) is 0 Å². The summed E-state index contributed by atoms with van der Waals surface area (Å²) in [6.07, 6.45) is 0. The van der Waals surface area contributed by atoms with E-state index in [0.29, 0.717) is 6.54 Å². The van der Waals surface area contributed by atoms with Crippen molar-refractivity contribution in [2.45, 2.75) is 18.1 Å². The number of carbonyl (C=O) groups excluding carboxylic acids is 1. The molecule has 0 saturated heterocycles. The Bertz CT molecular complexity index is 1040. The van der Waals surface area contributed by atoms with Gasteiger partial charge in [-0.2, -0.15) is 0 Å². The molecule has 4 N–H and O–H groups in total. The van der Waals surface area contributed by atoms with Crippen LogP contribution in [0.15, 0.2) is 121 Å². The highest BCUT2D eigenvalue weighted by Crippen LogP contribution is 2.37. The second-order valence-electron chi connectivity index (χ2n) is 7.98. The van der Waals surface area contributed by atoms with Gasteiger partial charge >= 0.3 is 0 Å². The van der Waals surface area contributed by atoms with Gasteiger partial charge < -0.3 is 11.1 Å². The zero-order valence-electron chi connectivity index (χ0n) is 18.5. The summed E-state index contributed by atoms with van der Waals surface area (Å²) in [6, 6.07) is 39.9. The van der Waals surface area contributed by atoms with Gasteiger partial charge in [-0.25, -0.2) is 0 Å². The van der Waals surface area contributed by atoms with Gasteiger partial charge in [0.1, 0.15) is 6.04 Å². The molecule has 166 valence electrons. The third kappa shape index (κ3) is 5.03. The summed E-state index contributed by atoms with van der Waals surface area (Å²) < 4.78 is 0. The minimum Gasteiger partial charge on any atom is -0.351 e. The molecule has 0 spiro atoms. The molecule has 0 fully saturated rings. The van der Waals surface area contributed by atoms with Gasteiger partial charge in [0.25, 0.3) is 0 Å². The van der Waals surface area contributed by atoms with E-state index >= 15 is 0 Å². The van der Waals surface area contributed by atoms with E-state index < -0.39 is 11.6 Å². The lowest BCUT2D eigenvalue weighted by Gasteiger charge is -2.39. The van der Waals surface area contributed by atoms with Crippen LogP contribution in [0.4, 0.5) is 0 Å². The summed E-state index contributed by atoms with van der Waals surface area (Å²) in [4.78, 5) is 13.3. The molecule has 0 radical (unpaired) electrons. The van der Waals surface area contributed by atoms with Crippen LogP contribution in [0.1, 0.15) is 22.3 Å². The van der Waals surface area contributed by atoms with Gasteiger partial charge in [-0.1, -0.05) is 121 Å². The van der Waals surface area contributed by atoms with Crippen LogP contribution in [0.5, 0.6) is 0 Å². The lowest BCUT2D eigenvalue weighted by Crippen LogP contribution is -2.57. The molecule has 0 saturated carbocycles. The van der Waals surface area contributed by atoms with Crippen LogP contribution in [0.3, 0.4) is 0 Å². The van der Waals surface area contributed by atoms with Crippen molar-refractivity contribution in [1.82, 2.24) is 10.6 Å². The molecule has 0 aliphatic carbocycles. The summed E-state index contributed by atoms with van der Waals surface area (Å²) >= 11 is 0. The molecule has 4 aromatic rings. The number of hydrogen-bond donors (Lipinski definition) is 3. The van der Waals surface area contributed by atoms with Crippen molar-refractivity contribution in [3.63, 3.8) is 0 Å². The fourth-order valence-electron chi connectivity index (χ4n) is 4.22. The zero-order valence-corrected chi connectivity index (χ0v) is 18.5. The maximum Gasteiger partial charge on any atom is 0.238 e. The first-order valence-electron chi connectivity index (χ1n) is 11.2. The normalized spacial score (nSPS) is 12.2.